The third-order valence-electron chi connectivity index (χ3n) is 5.59. The molecule has 0 bridgehead atoms. The Morgan fingerprint density at radius 2 is 1.59 bits per heavy atom. The molecule has 0 amide bonds. The van der Waals surface area contributed by atoms with Crippen LogP contribution in [0, 0.1) is 39.5 Å². The summed E-state index contributed by atoms with van der Waals surface area (Å²) in [4.78, 5) is 13.8. The first kappa shape index (κ1) is 21.5. The lowest BCUT2D eigenvalue weighted by Crippen LogP contribution is -2.37. The van der Waals surface area contributed by atoms with Crippen molar-refractivity contribution in [1.82, 2.24) is 0 Å². The molecule has 3 rings (SSSR count). The molecule has 0 radical (unpaired) electrons. The Balaban J connectivity index is 1.70. The average Bonchev–Trinajstić information content (AvgIpc) is 3.00. The molecular formula is C25H31O3S+. The van der Waals surface area contributed by atoms with Crippen molar-refractivity contribution in [3.63, 3.8) is 0 Å². The summed E-state index contributed by atoms with van der Waals surface area (Å²) in [5, 5.41) is 4.64. The number of rotatable bonds is 5. The second-order valence-corrected chi connectivity index (χ2v) is 9.74. The third-order valence-corrected chi connectivity index (χ3v) is 7.59. The fourth-order valence-corrected chi connectivity index (χ4v) is 6.09. The standard InChI is InChI=1S/C25H31O3S/c1-6-10-25(11-8-7-9-12-25)28-23(26)15-27-24-18(2)13-22(14-19(24)3)29-16-20(4)21(5)17-29/h13-14,16-17H,7-9,11-12,15H2,1-5H3/q+1. The molecule has 1 aromatic heterocycles. The van der Waals surface area contributed by atoms with Gasteiger partial charge in [-0.25, -0.2) is 4.79 Å². The van der Waals surface area contributed by atoms with Gasteiger partial charge in [-0.05, 0) is 71.4 Å². The number of benzene rings is 1. The van der Waals surface area contributed by atoms with E-state index in [4.69, 9.17) is 9.47 Å². The molecular weight excluding hydrogens is 380 g/mol. The van der Waals surface area contributed by atoms with Gasteiger partial charge in [0.15, 0.2) is 17.1 Å². The Bertz CT molecular complexity index is 910. The first-order valence-electron chi connectivity index (χ1n) is 10.3. The molecule has 1 aliphatic carbocycles. The van der Waals surface area contributed by atoms with Crippen molar-refractivity contribution >= 4 is 16.4 Å². The van der Waals surface area contributed by atoms with E-state index in [1.54, 1.807) is 6.92 Å². The van der Waals surface area contributed by atoms with Crippen LogP contribution in [0.25, 0.3) is 4.90 Å². The Kier molecular flexibility index (Phi) is 6.70. The molecule has 2 aromatic rings. The Hall–Kier alpha value is -2.25. The van der Waals surface area contributed by atoms with E-state index in [1.807, 2.05) is 13.8 Å². The highest BCUT2D eigenvalue weighted by atomic mass is 32.2. The third kappa shape index (κ3) is 5.03. The molecule has 1 aromatic carbocycles. The van der Waals surface area contributed by atoms with Gasteiger partial charge in [0.1, 0.15) is 16.5 Å². The normalized spacial score (nSPS) is 15.3. The highest BCUT2D eigenvalue weighted by molar-refractivity contribution is 7.37. The van der Waals surface area contributed by atoms with Crippen LogP contribution in [0.15, 0.2) is 22.9 Å². The van der Waals surface area contributed by atoms with Crippen molar-refractivity contribution in [2.75, 3.05) is 6.61 Å². The van der Waals surface area contributed by atoms with E-state index in [2.05, 4.69) is 48.6 Å². The van der Waals surface area contributed by atoms with Crippen LogP contribution in [0.4, 0.5) is 0 Å². The van der Waals surface area contributed by atoms with Crippen molar-refractivity contribution in [1.29, 1.82) is 0 Å². The maximum atomic E-state index is 12.5. The quantitative estimate of drug-likeness (QED) is 0.329. The summed E-state index contributed by atoms with van der Waals surface area (Å²) in [5.41, 5.74) is 4.16. The van der Waals surface area contributed by atoms with E-state index in [9.17, 15) is 4.79 Å². The van der Waals surface area contributed by atoms with Crippen LogP contribution >= 0.6 is 10.5 Å². The zero-order valence-corrected chi connectivity index (χ0v) is 19.0. The molecule has 1 heterocycles. The lowest BCUT2D eigenvalue weighted by molar-refractivity contribution is -0.159. The highest BCUT2D eigenvalue weighted by Gasteiger charge is 2.34. The van der Waals surface area contributed by atoms with Crippen LogP contribution in [-0.2, 0) is 9.53 Å². The molecule has 1 aliphatic rings. The van der Waals surface area contributed by atoms with Gasteiger partial charge in [-0.1, -0.05) is 12.3 Å². The van der Waals surface area contributed by atoms with Gasteiger partial charge in [0.25, 0.3) is 0 Å². The van der Waals surface area contributed by atoms with Crippen LogP contribution < -0.4 is 4.74 Å². The summed E-state index contributed by atoms with van der Waals surface area (Å²) in [5.74, 6) is 6.51. The van der Waals surface area contributed by atoms with Gasteiger partial charge in [0, 0.05) is 33.7 Å². The van der Waals surface area contributed by atoms with Gasteiger partial charge >= 0.3 is 5.97 Å². The van der Waals surface area contributed by atoms with Crippen molar-refractivity contribution in [2.24, 2.45) is 0 Å². The van der Waals surface area contributed by atoms with Gasteiger partial charge in [-0.2, -0.15) is 0 Å². The topological polar surface area (TPSA) is 35.5 Å². The van der Waals surface area contributed by atoms with Crippen LogP contribution in [0.3, 0.4) is 0 Å². The minimum Gasteiger partial charge on any atom is -0.481 e. The Morgan fingerprint density at radius 3 is 2.14 bits per heavy atom. The van der Waals surface area contributed by atoms with Crippen molar-refractivity contribution in [2.45, 2.75) is 72.3 Å². The first-order chi connectivity index (χ1) is 13.8. The number of aryl methyl sites for hydroxylation is 4. The summed E-state index contributed by atoms with van der Waals surface area (Å²) in [6, 6.07) is 4.34. The lowest BCUT2D eigenvalue weighted by Gasteiger charge is -2.32. The molecule has 0 saturated heterocycles. The van der Waals surface area contributed by atoms with Crippen LogP contribution in [-0.4, -0.2) is 18.2 Å². The van der Waals surface area contributed by atoms with Gasteiger partial charge in [-0.15, -0.1) is 5.92 Å². The largest absolute Gasteiger partial charge is 0.481 e. The first-order valence-corrected chi connectivity index (χ1v) is 11.7. The van der Waals surface area contributed by atoms with Crippen LogP contribution in [0.1, 0.15) is 61.3 Å². The zero-order chi connectivity index (χ0) is 21.0. The summed E-state index contributed by atoms with van der Waals surface area (Å²) in [6.07, 6.45) is 4.90. The van der Waals surface area contributed by atoms with E-state index in [1.165, 1.54) is 22.4 Å². The fourth-order valence-electron chi connectivity index (χ4n) is 3.99. The monoisotopic (exact) mass is 411 g/mol. The second kappa shape index (κ2) is 9.05. The molecule has 0 atom stereocenters. The summed E-state index contributed by atoms with van der Waals surface area (Å²) < 4.78 is 11.7. The van der Waals surface area contributed by atoms with Crippen molar-refractivity contribution in [3.05, 3.63) is 45.1 Å². The molecule has 29 heavy (non-hydrogen) atoms. The van der Waals surface area contributed by atoms with Gasteiger partial charge in [0.05, 0.1) is 0 Å². The van der Waals surface area contributed by atoms with E-state index < -0.39 is 5.60 Å². The van der Waals surface area contributed by atoms with E-state index in [0.717, 1.165) is 42.6 Å². The molecule has 1 fully saturated rings. The summed E-state index contributed by atoms with van der Waals surface area (Å²) in [7, 11) is 0.00810. The maximum absolute atomic E-state index is 12.5. The molecule has 3 nitrogen and oxygen atoms in total. The molecule has 0 N–H and O–H groups in total. The summed E-state index contributed by atoms with van der Waals surface area (Å²) in [6.45, 7) is 10.1. The van der Waals surface area contributed by atoms with Gasteiger partial charge in [0.2, 0.25) is 0 Å². The van der Waals surface area contributed by atoms with E-state index in [-0.39, 0.29) is 23.0 Å². The van der Waals surface area contributed by atoms with Crippen LogP contribution in [0.5, 0.6) is 5.75 Å². The highest BCUT2D eigenvalue weighted by Crippen LogP contribution is 2.38. The lowest BCUT2D eigenvalue weighted by atomic mass is 9.85. The minimum absolute atomic E-state index is 0.00810. The predicted octanol–water partition coefficient (Wildman–Crippen LogP) is 6.31. The smallest absolute Gasteiger partial charge is 0.345 e. The maximum Gasteiger partial charge on any atom is 0.345 e. The van der Waals surface area contributed by atoms with E-state index in [0.29, 0.717) is 0 Å². The molecule has 1 saturated carbocycles. The molecule has 0 spiro atoms. The zero-order valence-electron chi connectivity index (χ0n) is 18.2. The molecule has 154 valence electrons. The minimum atomic E-state index is -0.626. The number of ether oxygens (including phenoxy) is 2. The molecule has 0 unspecified atom stereocenters. The van der Waals surface area contributed by atoms with Gasteiger partial charge in [-0.3, -0.25) is 0 Å². The number of hydrogen-bond acceptors (Lipinski definition) is 3. The van der Waals surface area contributed by atoms with Gasteiger partial charge < -0.3 is 9.47 Å². The average molecular weight is 412 g/mol. The number of carbonyl (C=O) groups excluding carboxylic acids is 1. The SMILES string of the molecule is CC#CC1(OC(=O)COc2c(C)cc(-[s+]3cc(C)c(C)c3)cc2C)CCCCC1. The van der Waals surface area contributed by atoms with Crippen molar-refractivity contribution < 1.29 is 14.3 Å². The predicted molar refractivity (Wildman–Crippen MR) is 120 cm³/mol. The fraction of sp³-hybridized carbons (Fsp3) is 0.480. The Morgan fingerprint density at radius 1 is 1.00 bits per heavy atom. The Labute approximate surface area is 177 Å². The number of esters is 1. The molecule has 4 heteroatoms. The number of carbonyl (C=O) groups is 1. The number of hydrogen-bond donors (Lipinski definition) is 0. The molecule has 0 aliphatic heterocycles. The number of thiophene rings is 1. The van der Waals surface area contributed by atoms with Crippen molar-refractivity contribution in [3.8, 4) is 22.5 Å². The second-order valence-electron chi connectivity index (χ2n) is 8.05. The summed E-state index contributed by atoms with van der Waals surface area (Å²) >= 11 is 0. The van der Waals surface area contributed by atoms with E-state index >= 15 is 0 Å². The van der Waals surface area contributed by atoms with Crippen LogP contribution in [0.2, 0.25) is 0 Å².